The van der Waals surface area contributed by atoms with Gasteiger partial charge in [-0.15, -0.1) is 0 Å². The van der Waals surface area contributed by atoms with Gasteiger partial charge in [-0.1, -0.05) is 25.5 Å². The van der Waals surface area contributed by atoms with Crippen molar-refractivity contribution in [2.75, 3.05) is 13.2 Å². The molecule has 4 rings (SSSR count). The van der Waals surface area contributed by atoms with Crippen molar-refractivity contribution in [1.82, 2.24) is 9.55 Å². The standard InChI is InChI=1S/C23H28N2O6/c1-2-4-15-6-8-17(9-7-15)29-10-3-5-18-11-16-13-25(23(28)24-22(16)30-18)21-12-19(27)20(14-26)31-21/h6-9,11,13,19-21,26-27H,2-5,10,12,14H2,1H3. The lowest BCUT2D eigenvalue weighted by atomic mass is 10.1. The number of aliphatic hydroxyl groups is 2. The number of hydrogen-bond donors (Lipinski definition) is 2. The second kappa shape index (κ2) is 9.64. The average Bonchev–Trinajstić information content (AvgIpc) is 3.34. The summed E-state index contributed by atoms with van der Waals surface area (Å²) in [5.74, 6) is 1.57. The van der Waals surface area contributed by atoms with Crippen LogP contribution in [-0.4, -0.2) is 45.2 Å². The largest absolute Gasteiger partial charge is 0.494 e. The van der Waals surface area contributed by atoms with Crippen LogP contribution < -0.4 is 10.4 Å². The van der Waals surface area contributed by atoms with Crippen LogP contribution in [0.4, 0.5) is 0 Å². The van der Waals surface area contributed by atoms with Gasteiger partial charge in [0.1, 0.15) is 23.8 Å². The van der Waals surface area contributed by atoms with Crippen LogP contribution in [-0.2, 0) is 17.6 Å². The molecule has 0 amide bonds. The highest BCUT2D eigenvalue weighted by molar-refractivity contribution is 5.72. The average molecular weight is 428 g/mol. The summed E-state index contributed by atoms with van der Waals surface area (Å²) in [6.45, 7) is 2.42. The number of benzene rings is 1. The van der Waals surface area contributed by atoms with Crippen LogP contribution in [0.25, 0.3) is 11.1 Å². The van der Waals surface area contributed by atoms with Gasteiger partial charge in [0.05, 0.1) is 24.7 Å². The van der Waals surface area contributed by atoms with Gasteiger partial charge in [0.2, 0.25) is 5.71 Å². The van der Waals surface area contributed by atoms with Crippen LogP contribution in [0, 0.1) is 0 Å². The Morgan fingerprint density at radius 1 is 1.26 bits per heavy atom. The Morgan fingerprint density at radius 3 is 2.77 bits per heavy atom. The van der Waals surface area contributed by atoms with Gasteiger partial charge in [0.15, 0.2) is 0 Å². The fraction of sp³-hybridized carbons (Fsp3) is 0.478. The first-order valence-electron chi connectivity index (χ1n) is 10.7. The third-order valence-corrected chi connectivity index (χ3v) is 5.48. The molecule has 0 saturated carbocycles. The first kappa shape index (κ1) is 21.5. The second-order valence-corrected chi connectivity index (χ2v) is 7.86. The maximum absolute atomic E-state index is 12.4. The van der Waals surface area contributed by atoms with Gasteiger partial charge >= 0.3 is 5.69 Å². The Kier molecular flexibility index (Phi) is 6.70. The van der Waals surface area contributed by atoms with Crippen LogP contribution in [0.15, 0.2) is 45.7 Å². The van der Waals surface area contributed by atoms with E-state index in [4.69, 9.17) is 13.9 Å². The van der Waals surface area contributed by atoms with Crippen LogP contribution in [0.3, 0.4) is 0 Å². The molecule has 0 spiro atoms. The highest BCUT2D eigenvalue weighted by Crippen LogP contribution is 2.28. The summed E-state index contributed by atoms with van der Waals surface area (Å²) in [5, 5.41) is 19.8. The molecule has 0 radical (unpaired) electrons. The maximum atomic E-state index is 12.4. The molecule has 1 aliphatic rings. The number of aliphatic hydroxyl groups excluding tert-OH is 2. The summed E-state index contributed by atoms with van der Waals surface area (Å²) in [6, 6.07) is 10.0. The van der Waals surface area contributed by atoms with Crippen molar-refractivity contribution in [3.63, 3.8) is 0 Å². The number of rotatable bonds is 9. The summed E-state index contributed by atoms with van der Waals surface area (Å²) in [5.41, 5.74) is 1.07. The molecule has 3 heterocycles. The molecule has 166 valence electrons. The van der Waals surface area contributed by atoms with Gasteiger partial charge in [-0.05, 0) is 36.6 Å². The highest BCUT2D eigenvalue weighted by atomic mass is 16.5. The summed E-state index contributed by atoms with van der Waals surface area (Å²) >= 11 is 0. The summed E-state index contributed by atoms with van der Waals surface area (Å²) in [6.07, 6.45) is 3.28. The number of hydrogen-bond acceptors (Lipinski definition) is 7. The van der Waals surface area contributed by atoms with Crippen LogP contribution in [0.1, 0.15) is 43.7 Å². The SMILES string of the molecule is CCCc1ccc(OCCCc2cc3cn(C4CC(O)C(CO)O4)c(=O)nc3o2)cc1. The van der Waals surface area contributed by atoms with Crippen molar-refractivity contribution in [2.45, 2.75) is 57.5 Å². The Hall–Kier alpha value is -2.68. The maximum Gasteiger partial charge on any atom is 0.353 e. The molecule has 0 bridgehead atoms. The lowest BCUT2D eigenvalue weighted by molar-refractivity contribution is -0.0457. The smallest absolute Gasteiger partial charge is 0.353 e. The molecule has 2 aromatic heterocycles. The Morgan fingerprint density at radius 2 is 2.06 bits per heavy atom. The molecule has 3 atom stereocenters. The number of fused-ring (bicyclic) bond motifs is 1. The number of furan rings is 1. The lowest BCUT2D eigenvalue weighted by Gasteiger charge is -2.13. The van der Waals surface area contributed by atoms with Crippen molar-refractivity contribution in [3.8, 4) is 5.75 Å². The van der Waals surface area contributed by atoms with Gasteiger partial charge in [-0.25, -0.2) is 4.79 Å². The monoisotopic (exact) mass is 428 g/mol. The fourth-order valence-corrected chi connectivity index (χ4v) is 3.83. The number of nitrogens with zero attached hydrogens (tertiary/aromatic N) is 2. The van der Waals surface area contributed by atoms with Crippen molar-refractivity contribution in [3.05, 3.63) is 58.3 Å². The number of aromatic nitrogens is 2. The molecular weight excluding hydrogens is 400 g/mol. The third kappa shape index (κ3) is 4.98. The molecule has 31 heavy (non-hydrogen) atoms. The Balaban J connectivity index is 1.35. The van der Waals surface area contributed by atoms with Gasteiger partial charge in [-0.2, -0.15) is 4.98 Å². The Bertz CT molecular complexity index is 1060. The zero-order valence-corrected chi connectivity index (χ0v) is 17.6. The van der Waals surface area contributed by atoms with E-state index in [1.54, 1.807) is 6.20 Å². The van der Waals surface area contributed by atoms with Gasteiger partial charge in [-0.3, -0.25) is 4.57 Å². The zero-order chi connectivity index (χ0) is 21.8. The molecule has 8 heteroatoms. The molecule has 1 saturated heterocycles. The molecule has 1 aliphatic heterocycles. The van der Waals surface area contributed by atoms with Crippen LogP contribution >= 0.6 is 0 Å². The molecule has 3 aromatic rings. The van der Waals surface area contributed by atoms with Crippen LogP contribution in [0.2, 0.25) is 0 Å². The lowest BCUT2D eigenvalue weighted by Crippen LogP contribution is -2.27. The molecule has 1 aromatic carbocycles. The first-order valence-corrected chi connectivity index (χ1v) is 10.7. The van der Waals surface area contributed by atoms with E-state index in [1.165, 1.54) is 10.1 Å². The van der Waals surface area contributed by atoms with Crippen molar-refractivity contribution in [1.29, 1.82) is 0 Å². The van der Waals surface area contributed by atoms with Crippen molar-refractivity contribution in [2.24, 2.45) is 0 Å². The van der Waals surface area contributed by atoms with E-state index in [2.05, 4.69) is 24.0 Å². The van der Waals surface area contributed by atoms with E-state index in [-0.39, 0.29) is 18.7 Å². The van der Waals surface area contributed by atoms with E-state index in [0.29, 0.717) is 18.4 Å². The fourth-order valence-electron chi connectivity index (χ4n) is 3.83. The van der Waals surface area contributed by atoms with Gasteiger partial charge in [0.25, 0.3) is 0 Å². The van der Waals surface area contributed by atoms with E-state index < -0.39 is 24.1 Å². The van der Waals surface area contributed by atoms with Gasteiger partial charge < -0.3 is 24.1 Å². The predicted molar refractivity (Wildman–Crippen MR) is 114 cm³/mol. The molecule has 2 N–H and O–H groups in total. The summed E-state index contributed by atoms with van der Waals surface area (Å²) in [4.78, 5) is 16.4. The van der Waals surface area contributed by atoms with E-state index in [9.17, 15) is 15.0 Å². The van der Waals surface area contributed by atoms with E-state index >= 15 is 0 Å². The normalized spacial score (nSPS) is 21.1. The number of aryl methyl sites for hydroxylation is 2. The topological polar surface area (TPSA) is 107 Å². The zero-order valence-electron chi connectivity index (χ0n) is 17.6. The predicted octanol–water partition coefficient (Wildman–Crippen LogP) is 2.59. The minimum atomic E-state index is -0.819. The highest BCUT2D eigenvalue weighted by Gasteiger charge is 2.35. The quantitative estimate of drug-likeness (QED) is 0.505. The van der Waals surface area contributed by atoms with Gasteiger partial charge in [0, 0.05) is 19.0 Å². The minimum absolute atomic E-state index is 0.222. The third-order valence-electron chi connectivity index (χ3n) is 5.48. The second-order valence-electron chi connectivity index (χ2n) is 7.86. The molecule has 8 nitrogen and oxygen atoms in total. The van der Waals surface area contributed by atoms with Crippen molar-refractivity contribution < 1.29 is 24.1 Å². The summed E-state index contributed by atoms with van der Waals surface area (Å²) in [7, 11) is 0. The van der Waals surface area contributed by atoms with Crippen LogP contribution in [0.5, 0.6) is 5.75 Å². The number of ether oxygens (including phenoxy) is 2. The molecular formula is C23H28N2O6. The molecule has 1 fully saturated rings. The molecule has 3 unspecified atom stereocenters. The Labute approximate surface area is 180 Å². The molecule has 0 aliphatic carbocycles. The van der Waals surface area contributed by atoms with E-state index in [0.717, 1.165) is 30.8 Å². The minimum Gasteiger partial charge on any atom is -0.494 e. The van der Waals surface area contributed by atoms with Crippen molar-refractivity contribution >= 4 is 11.1 Å². The van der Waals surface area contributed by atoms with E-state index in [1.807, 2.05) is 18.2 Å². The summed E-state index contributed by atoms with van der Waals surface area (Å²) < 4.78 is 18.4. The first-order chi connectivity index (χ1) is 15.1.